The Morgan fingerprint density at radius 1 is 1.03 bits per heavy atom. The number of hydrogen-bond donors (Lipinski definition) is 1. The van der Waals surface area contributed by atoms with E-state index < -0.39 is 17.7 Å². The molecule has 9 heteroatoms. The number of carbonyl (C=O) groups excluding carboxylic acids is 2. The Balaban J connectivity index is 1.82. The van der Waals surface area contributed by atoms with E-state index in [0.29, 0.717) is 67.0 Å². The fourth-order valence-corrected chi connectivity index (χ4v) is 4.72. The molecule has 1 atom stereocenters. The first kappa shape index (κ1) is 26.3. The van der Waals surface area contributed by atoms with Gasteiger partial charge < -0.3 is 33.9 Å². The number of likely N-dealkylation sites (N-methyl/N-ethyl adjacent to an activating group) is 1. The molecule has 198 valence electrons. The van der Waals surface area contributed by atoms with Gasteiger partial charge in [-0.15, -0.1) is 0 Å². The summed E-state index contributed by atoms with van der Waals surface area (Å²) in [6, 6.07) is 9.48. The van der Waals surface area contributed by atoms with Crippen molar-refractivity contribution in [2.24, 2.45) is 0 Å². The van der Waals surface area contributed by atoms with Crippen molar-refractivity contribution in [1.29, 1.82) is 0 Å². The molecule has 1 amide bonds. The fourth-order valence-electron chi connectivity index (χ4n) is 4.72. The van der Waals surface area contributed by atoms with Gasteiger partial charge in [-0.1, -0.05) is 19.9 Å². The predicted octanol–water partition coefficient (Wildman–Crippen LogP) is 3.63. The van der Waals surface area contributed by atoms with E-state index in [2.05, 4.69) is 4.90 Å². The van der Waals surface area contributed by atoms with Gasteiger partial charge in [-0.25, -0.2) is 0 Å². The lowest BCUT2D eigenvalue weighted by atomic mass is 9.94. The minimum Gasteiger partial charge on any atom is -0.507 e. The van der Waals surface area contributed by atoms with E-state index in [4.69, 9.17) is 18.9 Å². The van der Waals surface area contributed by atoms with E-state index in [1.165, 1.54) is 12.0 Å². The number of aliphatic hydroxyl groups is 1. The zero-order valence-corrected chi connectivity index (χ0v) is 21.8. The van der Waals surface area contributed by atoms with Crippen molar-refractivity contribution in [3.05, 3.63) is 53.1 Å². The monoisotopic (exact) mass is 510 g/mol. The van der Waals surface area contributed by atoms with Crippen LogP contribution in [0.5, 0.6) is 23.0 Å². The number of amides is 1. The summed E-state index contributed by atoms with van der Waals surface area (Å²) >= 11 is 0. The Kier molecular flexibility index (Phi) is 8.23. The lowest BCUT2D eigenvalue weighted by molar-refractivity contribution is -0.140. The van der Waals surface area contributed by atoms with Crippen molar-refractivity contribution in [1.82, 2.24) is 9.80 Å². The van der Waals surface area contributed by atoms with Gasteiger partial charge in [-0.05, 0) is 55.9 Å². The number of fused-ring (bicyclic) bond motifs is 1. The summed E-state index contributed by atoms with van der Waals surface area (Å²) < 4.78 is 22.4. The van der Waals surface area contributed by atoms with Gasteiger partial charge in [0, 0.05) is 18.7 Å². The third kappa shape index (κ3) is 5.22. The minimum atomic E-state index is -0.798. The van der Waals surface area contributed by atoms with Gasteiger partial charge in [0.25, 0.3) is 11.7 Å². The maximum atomic E-state index is 13.4. The smallest absolute Gasteiger partial charge is 0.295 e. The largest absolute Gasteiger partial charge is 0.507 e. The molecule has 1 unspecified atom stereocenters. The van der Waals surface area contributed by atoms with Crippen LogP contribution in [0.2, 0.25) is 0 Å². The molecular weight excluding hydrogens is 476 g/mol. The Bertz CT molecular complexity index is 1190. The number of rotatable bonds is 10. The second-order valence-electron chi connectivity index (χ2n) is 8.72. The summed E-state index contributed by atoms with van der Waals surface area (Å²) in [7, 11) is 1.54. The summed E-state index contributed by atoms with van der Waals surface area (Å²) in [5.74, 6) is 0.432. The number of benzene rings is 2. The molecule has 0 aliphatic carbocycles. The second-order valence-corrected chi connectivity index (χ2v) is 8.72. The van der Waals surface area contributed by atoms with Crippen molar-refractivity contribution in [3.8, 4) is 23.0 Å². The molecule has 1 saturated heterocycles. The Morgan fingerprint density at radius 3 is 2.43 bits per heavy atom. The fraction of sp³-hybridized carbons (Fsp3) is 0.429. The van der Waals surface area contributed by atoms with Crippen LogP contribution in [0, 0.1) is 0 Å². The van der Waals surface area contributed by atoms with Crippen LogP contribution in [0.25, 0.3) is 5.76 Å². The van der Waals surface area contributed by atoms with E-state index in [1.54, 1.807) is 36.4 Å². The first-order chi connectivity index (χ1) is 17.9. The Morgan fingerprint density at radius 2 is 1.76 bits per heavy atom. The van der Waals surface area contributed by atoms with Crippen molar-refractivity contribution in [2.75, 3.05) is 53.1 Å². The van der Waals surface area contributed by atoms with Crippen LogP contribution in [-0.2, 0) is 9.59 Å². The van der Waals surface area contributed by atoms with Crippen LogP contribution in [0.3, 0.4) is 0 Å². The average molecular weight is 511 g/mol. The first-order valence-corrected chi connectivity index (χ1v) is 12.6. The zero-order valence-electron chi connectivity index (χ0n) is 21.8. The number of Topliss-reactive ketones (excluding diaryl/α,β-unsaturated/α-hetero) is 1. The van der Waals surface area contributed by atoms with Crippen LogP contribution in [0.4, 0.5) is 0 Å². The number of carbonyl (C=O) groups is 2. The Hall–Kier alpha value is -3.72. The third-order valence-electron chi connectivity index (χ3n) is 6.71. The first-order valence-electron chi connectivity index (χ1n) is 12.6. The maximum Gasteiger partial charge on any atom is 0.295 e. The number of ketones is 1. The molecule has 0 aromatic heterocycles. The summed E-state index contributed by atoms with van der Waals surface area (Å²) in [6.45, 7) is 9.82. The molecule has 0 radical (unpaired) electrons. The topological polar surface area (TPSA) is 97.8 Å². The quantitative estimate of drug-likeness (QED) is 0.294. The van der Waals surface area contributed by atoms with Gasteiger partial charge >= 0.3 is 0 Å². The maximum absolute atomic E-state index is 13.4. The molecule has 9 nitrogen and oxygen atoms in total. The van der Waals surface area contributed by atoms with Crippen LogP contribution in [0.15, 0.2) is 42.0 Å². The summed E-state index contributed by atoms with van der Waals surface area (Å²) in [5, 5.41) is 11.4. The molecule has 2 heterocycles. The summed E-state index contributed by atoms with van der Waals surface area (Å²) in [4.78, 5) is 30.4. The van der Waals surface area contributed by atoms with Crippen LogP contribution in [0.1, 0.15) is 37.9 Å². The van der Waals surface area contributed by atoms with Gasteiger partial charge in [-0.3, -0.25) is 9.59 Å². The van der Waals surface area contributed by atoms with Crippen molar-refractivity contribution in [2.45, 2.75) is 26.8 Å². The average Bonchev–Trinajstić information content (AvgIpc) is 3.18. The number of hydrogen-bond acceptors (Lipinski definition) is 8. The highest BCUT2D eigenvalue weighted by Crippen LogP contribution is 2.43. The third-order valence-corrected chi connectivity index (χ3v) is 6.71. The van der Waals surface area contributed by atoms with Crippen LogP contribution < -0.4 is 18.9 Å². The molecule has 0 spiro atoms. The van der Waals surface area contributed by atoms with E-state index in [-0.39, 0.29) is 11.3 Å². The molecule has 0 bridgehead atoms. The van der Waals surface area contributed by atoms with Crippen molar-refractivity contribution in [3.63, 3.8) is 0 Å². The molecule has 2 aliphatic rings. The van der Waals surface area contributed by atoms with Gasteiger partial charge in [0.2, 0.25) is 0 Å². The van der Waals surface area contributed by atoms with Gasteiger partial charge in [-0.2, -0.15) is 0 Å². The highest BCUT2D eigenvalue weighted by atomic mass is 16.6. The number of ether oxygens (including phenoxy) is 4. The number of aliphatic hydroxyl groups excluding tert-OH is 1. The number of methoxy groups -OCH3 is 1. The SMILES string of the molecule is CCOc1ccc(C2C(=C(O)c3ccc4c(c3)OCCO4)C(=O)C(=O)N2CCN(CC)CC)cc1OC. The van der Waals surface area contributed by atoms with Gasteiger partial charge in [0.1, 0.15) is 19.0 Å². The highest BCUT2D eigenvalue weighted by molar-refractivity contribution is 6.46. The van der Waals surface area contributed by atoms with Crippen LogP contribution in [-0.4, -0.2) is 79.7 Å². The number of likely N-dealkylation sites (tertiary alicyclic amines) is 1. The summed E-state index contributed by atoms with van der Waals surface area (Å²) in [5.41, 5.74) is 1.03. The van der Waals surface area contributed by atoms with E-state index in [9.17, 15) is 14.7 Å². The predicted molar refractivity (Wildman–Crippen MR) is 138 cm³/mol. The van der Waals surface area contributed by atoms with Gasteiger partial charge in [0.15, 0.2) is 23.0 Å². The van der Waals surface area contributed by atoms with Gasteiger partial charge in [0.05, 0.1) is 25.3 Å². The molecule has 2 aromatic rings. The molecule has 4 rings (SSSR count). The Labute approximate surface area is 217 Å². The second kappa shape index (κ2) is 11.6. The molecule has 2 aliphatic heterocycles. The number of nitrogens with zero attached hydrogens (tertiary/aromatic N) is 2. The standard InChI is InChI=1S/C28H34N2O7/c1-5-29(6-2)12-13-30-25(18-8-10-20(35-7-3)22(16-18)34-4)24(27(32)28(30)33)26(31)19-9-11-21-23(17-19)37-15-14-36-21/h8-11,16-17,25,31H,5-7,12-15H2,1-4H3. The normalized spacial score (nSPS) is 18.4. The molecule has 1 N–H and O–H groups in total. The van der Waals surface area contributed by atoms with E-state index in [1.807, 2.05) is 20.8 Å². The molecular formula is C28H34N2O7. The van der Waals surface area contributed by atoms with E-state index in [0.717, 1.165) is 13.1 Å². The molecule has 1 fully saturated rings. The summed E-state index contributed by atoms with van der Waals surface area (Å²) in [6.07, 6.45) is 0. The molecule has 37 heavy (non-hydrogen) atoms. The highest BCUT2D eigenvalue weighted by Gasteiger charge is 2.46. The van der Waals surface area contributed by atoms with E-state index >= 15 is 0 Å². The minimum absolute atomic E-state index is 0.0208. The van der Waals surface area contributed by atoms with Crippen LogP contribution >= 0.6 is 0 Å². The lowest BCUT2D eigenvalue weighted by Crippen LogP contribution is -2.38. The molecule has 2 aromatic carbocycles. The van der Waals surface area contributed by atoms with Crippen molar-refractivity contribution >= 4 is 17.4 Å². The zero-order chi connectivity index (χ0) is 26.5. The lowest BCUT2D eigenvalue weighted by Gasteiger charge is -2.28. The molecule has 0 saturated carbocycles. The van der Waals surface area contributed by atoms with Crippen molar-refractivity contribution < 1.29 is 33.6 Å².